The van der Waals surface area contributed by atoms with Crippen molar-refractivity contribution in [2.75, 3.05) is 26.2 Å². The summed E-state index contributed by atoms with van der Waals surface area (Å²) in [6, 6.07) is 7.83. The van der Waals surface area contributed by atoms with Crippen molar-refractivity contribution in [3.63, 3.8) is 0 Å². The smallest absolute Gasteiger partial charge is 0.249 e. The monoisotopic (exact) mass is 425 g/mol. The fraction of sp³-hybridized carbons (Fsp3) is 0.619. The first-order valence-electron chi connectivity index (χ1n) is 10.1. The Morgan fingerprint density at radius 3 is 2.43 bits per heavy atom. The van der Waals surface area contributed by atoms with Crippen molar-refractivity contribution in [3.8, 4) is 5.75 Å². The summed E-state index contributed by atoms with van der Waals surface area (Å²) in [7, 11) is 0. The second-order valence-corrected chi connectivity index (χ2v) is 9.33. The number of hydrogen-bond acceptors (Lipinski definition) is 4. The zero-order chi connectivity index (χ0) is 20.2. The molecule has 0 aromatic heterocycles. The third kappa shape index (κ3) is 5.00. The van der Waals surface area contributed by atoms with Crippen LogP contribution in [0.2, 0.25) is 0 Å². The van der Waals surface area contributed by atoms with E-state index in [9.17, 15) is 4.79 Å². The molecule has 1 N–H and O–H groups in total. The predicted molar refractivity (Wildman–Crippen MR) is 114 cm³/mol. The topological polar surface area (TPSA) is 53.9 Å². The molecule has 1 saturated carbocycles. The Bertz CT molecular complexity index is 715. The number of nitrogens with one attached hydrogen (secondary N) is 1. The largest absolute Gasteiger partial charge is 0.492 e. The van der Waals surface area contributed by atoms with E-state index in [-0.39, 0.29) is 5.91 Å². The number of piperidine rings is 1. The number of amides is 1. The van der Waals surface area contributed by atoms with Crippen LogP contribution in [-0.2, 0) is 4.79 Å². The normalized spacial score (nSPS) is 24.6. The van der Waals surface area contributed by atoms with Crippen molar-refractivity contribution in [3.05, 3.63) is 29.8 Å². The summed E-state index contributed by atoms with van der Waals surface area (Å²) in [5, 5.41) is 4.29. The van der Waals surface area contributed by atoms with E-state index in [1.54, 1.807) is 6.92 Å². The van der Waals surface area contributed by atoms with Crippen LogP contribution in [0.25, 0.3) is 0 Å². The number of benzene rings is 1. The molecule has 1 aliphatic carbocycles. The molecule has 1 heterocycles. The lowest BCUT2D eigenvalue weighted by Crippen LogP contribution is -2.33. The van der Waals surface area contributed by atoms with Crippen LogP contribution in [-0.4, -0.2) is 47.1 Å². The summed E-state index contributed by atoms with van der Waals surface area (Å²) >= 11 is 12.1. The molecule has 7 heteroatoms. The van der Waals surface area contributed by atoms with Gasteiger partial charge in [-0.25, -0.2) is 5.43 Å². The van der Waals surface area contributed by atoms with E-state index in [1.165, 1.54) is 32.4 Å². The molecule has 0 bridgehead atoms. The van der Waals surface area contributed by atoms with Gasteiger partial charge in [0.15, 0.2) is 0 Å². The van der Waals surface area contributed by atoms with Gasteiger partial charge in [0.2, 0.25) is 5.91 Å². The molecule has 1 aliphatic heterocycles. The van der Waals surface area contributed by atoms with Crippen LogP contribution < -0.4 is 10.2 Å². The molecule has 1 saturated heterocycles. The molecule has 1 aromatic carbocycles. The van der Waals surface area contributed by atoms with Gasteiger partial charge in [0.1, 0.15) is 16.7 Å². The van der Waals surface area contributed by atoms with Gasteiger partial charge in [-0.3, -0.25) is 9.69 Å². The van der Waals surface area contributed by atoms with Gasteiger partial charge in [-0.1, -0.05) is 13.3 Å². The van der Waals surface area contributed by atoms with Gasteiger partial charge in [-0.05, 0) is 75.5 Å². The fourth-order valence-corrected chi connectivity index (χ4v) is 4.16. The van der Waals surface area contributed by atoms with Crippen molar-refractivity contribution in [2.24, 2.45) is 10.5 Å². The van der Waals surface area contributed by atoms with Crippen LogP contribution in [0.1, 0.15) is 51.5 Å². The summed E-state index contributed by atoms with van der Waals surface area (Å²) in [6.07, 6.45) is 5.06. The lowest BCUT2D eigenvalue weighted by atomic mass is 10.1. The number of carbonyl (C=O) groups is 1. The SMILES string of the molecule is CCC(=NNC(=O)C1(C)CC1(Cl)Cl)c1ccc(OCCN2CCCCC2)cc1. The minimum Gasteiger partial charge on any atom is -0.492 e. The molecule has 28 heavy (non-hydrogen) atoms. The van der Waals surface area contributed by atoms with Crippen LogP contribution in [0.4, 0.5) is 0 Å². The third-order valence-electron chi connectivity index (χ3n) is 5.70. The number of likely N-dealkylation sites (tertiary alicyclic amines) is 1. The zero-order valence-corrected chi connectivity index (χ0v) is 18.2. The van der Waals surface area contributed by atoms with Gasteiger partial charge in [-0.2, -0.15) is 5.10 Å². The summed E-state index contributed by atoms with van der Waals surface area (Å²) in [4.78, 5) is 14.7. The maximum atomic E-state index is 12.3. The van der Waals surface area contributed by atoms with Crippen molar-refractivity contribution in [1.29, 1.82) is 0 Å². The van der Waals surface area contributed by atoms with Crippen LogP contribution in [0.5, 0.6) is 5.75 Å². The predicted octanol–water partition coefficient (Wildman–Crippen LogP) is 4.37. The molecule has 1 atom stereocenters. The van der Waals surface area contributed by atoms with Crippen LogP contribution in [0.3, 0.4) is 0 Å². The van der Waals surface area contributed by atoms with Gasteiger partial charge >= 0.3 is 0 Å². The molecule has 1 unspecified atom stereocenters. The summed E-state index contributed by atoms with van der Waals surface area (Å²) < 4.78 is 4.88. The minimum atomic E-state index is -0.994. The lowest BCUT2D eigenvalue weighted by Gasteiger charge is -2.26. The highest BCUT2D eigenvalue weighted by molar-refractivity contribution is 6.53. The Kier molecular flexibility index (Phi) is 6.89. The van der Waals surface area contributed by atoms with Crippen molar-refractivity contribution >= 4 is 34.8 Å². The van der Waals surface area contributed by atoms with Gasteiger partial charge in [-0.15, -0.1) is 23.2 Å². The second kappa shape index (κ2) is 9.02. The average Bonchev–Trinajstić information content (AvgIpc) is 3.23. The van der Waals surface area contributed by atoms with E-state index < -0.39 is 9.75 Å². The molecule has 1 amide bonds. The molecular formula is C21H29Cl2N3O2. The van der Waals surface area contributed by atoms with Crippen LogP contribution >= 0.6 is 23.2 Å². The molecule has 5 nitrogen and oxygen atoms in total. The molecular weight excluding hydrogens is 397 g/mol. The van der Waals surface area contributed by atoms with Gasteiger partial charge in [0.05, 0.1) is 11.1 Å². The number of alkyl halides is 2. The van der Waals surface area contributed by atoms with Crippen molar-refractivity contribution in [2.45, 2.75) is 50.3 Å². The van der Waals surface area contributed by atoms with Gasteiger partial charge in [0, 0.05) is 6.54 Å². The van der Waals surface area contributed by atoms with E-state index in [1.807, 2.05) is 31.2 Å². The highest BCUT2D eigenvalue weighted by Crippen LogP contribution is 2.63. The van der Waals surface area contributed by atoms with E-state index >= 15 is 0 Å². The first-order chi connectivity index (χ1) is 13.4. The van der Waals surface area contributed by atoms with E-state index in [0.29, 0.717) is 19.4 Å². The third-order valence-corrected chi connectivity index (χ3v) is 6.80. The number of hydrogen-bond donors (Lipinski definition) is 1. The number of halogens is 2. The number of nitrogens with zero attached hydrogens (tertiary/aromatic N) is 2. The Morgan fingerprint density at radius 1 is 1.21 bits per heavy atom. The lowest BCUT2D eigenvalue weighted by molar-refractivity contribution is -0.125. The molecule has 0 spiro atoms. The second-order valence-electron chi connectivity index (χ2n) is 7.84. The maximum Gasteiger partial charge on any atom is 0.249 e. The molecule has 2 aliphatic rings. The van der Waals surface area contributed by atoms with E-state index in [0.717, 1.165) is 23.6 Å². The van der Waals surface area contributed by atoms with Gasteiger partial charge in [0.25, 0.3) is 0 Å². The molecule has 154 valence electrons. The average molecular weight is 426 g/mol. The Labute approximate surface area is 177 Å². The highest BCUT2D eigenvalue weighted by Gasteiger charge is 2.68. The summed E-state index contributed by atoms with van der Waals surface area (Å²) in [6.45, 7) is 7.77. The zero-order valence-electron chi connectivity index (χ0n) is 16.6. The number of hydrazone groups is 1. The highest BCUT2D eigenvalue weighted by atomic mass is 35.5. The Morgan fingerprint density at radius 2 is 1.86 bits per heavy atom. The molecule has 1 aromatic rings. The molecule has 2 fully saturated rings. The van der Waals surface area contributed by atoms with E-state index in [4.69, 9.17) is 27.9 Å². The molecule has 0 radical (unpaired) electrons. The van der Waals surface area contributed by atoms with Crippen LogP contribution in [0, 0.1) is 5.41 Å². The standard InChI is InChI=1S/C21H29Cl2N3O2/c1-3-18(24-25-19(27)20(2)15-21(20,22)23)16-7-9-17(10-8-16)28-14-13-26-11-5-4-6-12-26/h7-10H,3-6,11-15H2,1-2H3,(H,25,27). The number of ether oxygens (including phenoxy) is 1. The quantitative estimate of drug-likeness (QED) is 0.382. The Hall–Kier alpha value is -1.30. The first kappa shape index (κ1) is 21.4. The van der Waals surface area contributed by atoms with Crippen molar-refractivity contribution < 1.29 is 9.53 Å². The summed E-state index contributed by atoms with van der Waals surface area (Å²) in [5.74, 6) is 0.598. The van der Waals surface area contributed by atoms with E-state index in [2.05, 4.69) is 15.4 Å². The van der Waals surface area contributed by atoms with Gasteiger partial charge < -0.3 is 4.74 Å². The maximum absolute atomic E-state index is 12.3. The molecule has 3 rings (SSSR count). The van der Waals surface area contributed by atoms with Crippen molar-refractivity contribution in [1.82, 2.24) is 10.3 Å². The minimum absolute atomic E-state index is 0.249. The number of rotatable bonds is 8. The number of carbonyl (C=O) groups excluding carboxylic acids is 1. The fourth-order valence-electron chi connectivity index (χ4n) is 3.45. The Balaban J connectivity index is 1.51. The van der Waals surface area contributed by atoms with Crippen LogP contribution in [0.15, 0.2) is 29.4 Å². The summed E-state index contributed by atoms with van der Waals surface area (Å²) in [5.41, 5.74) is 3.60. The first-order valence-corrected chi connectivity index (χ1v) is 10.8.